The van der Waals surface area contributed by atoms with E-state index in [0.29, 0.717) is 18.8 Å². The van der Waals surface area contributed by atoms with Gasteiger partial charge in [0.05, 0.1) is 0 Å². The van der Waals surface area contributed by atoms with Gasteiger partial charge in [0.15, 0.2) is 0 Å². The maximum absolute atomic E-state index is 10.7. The highest BCUT2D eigenvalue weighted by molar-refractivity contribution is 5.78. The standard InChI is InChI=1S/C8H13NO2/c1-6(10)2-3-7-4-8(11)9-5-7/h7H,2-5H2,1H3,(H,9,11). The van der Waals surface area contributed by atoms with Crippen molar-refractivity contribution in [2.24, 2.45) is 5.92 Å². The van der Waals surface area contributed by atoms with Crippen molar-refractivity contribution in [2.45, 2.75) is 26.2 Å². The molecule has 1 rings (SSSR count). The molecule has 1 N–H and O–H groups in total. The van der Waals surface area contributed by atoms with E-state index in [9.17, 15) is 9.59 Å². The van der Waals surface area contributed by atoms with E-state index < -0.39 is 0 Å². The van der Waals surface area contributed by atoms with Crippen LogP contribution in [0.1, 0.15) is 26.2 Å². The van der Waals surface area contributed by atoms with Crippen molar-refractivity contribution >= 4 is 11.7 Å². The molecule has 0 aromatic carbocycles. The third-order valence-corrected chi connectivity index (χ3v) is 1.97. The zero-order valence-corrected chi connectivity index (χ0v) is 6.72. The van der Waals surface area contributed by atoms with Crippen LogP contribution in [-0.4, -0.2) is 18.2 Å². The fraction of sp³-hybridized carbons (Fsp3) is 0.750. The molecule has 0 spiro atoms. The third kappa shape index (κ3) is 2.70. The lowest BCUT2D eigenvalue weighted by molar-refractivity contribution is -0.120. The number of ketones is 1. The minimum absolute atomic E-state index is 0.124. The average Bonchev–Trinajstić information content (AvgIpc) is 2.31. The van der Waals surface area contributed by atoms with Gasteiger partial charge in [-0.25, -0.2) is 0 Å². The lowest BCUT2D eigenvalue weighted by atomic mass is 10.0. The van der Waals surface area contributed by atoms with Gasteiger partial charge in [-0.15, -0.1) is 0 Å². The number of Topliss-reactive ketones (excluding diaryl/α,β-unsaturated/α-hetero) is 1. The van der Waals surface area contributed by atoms with Crippen LogP contribution < -0.4 is 5.32 Å². The zero-order valence-electron chi connectivity index (χ0n) is 6.72. The second-order valence-corrected chi connectivity index (χ2v) is 3.11. The van der Waals surface area contributed by atoms with Gasteiger partial charge in [-0.2, -0.15) is 0 Å². The minimum Gasteiger partial charge on any atom is -0.356 e. The van der Waals surface area contributed by atoms with E-state index in [-0.39, 0.29) is 11.7 Å². The van der Waals surface area contributed by atoms with E-state index >= 15 is 0 Å². The van der Waals surface area contributed by atoms with E-state index in [2.05, 4.69) is 5.32 Å². The molecule has 1 unspecified atom stereocenters. The summed E-state index contributed by atoms with van der Waals surface area (Å²) in [6, 6.07) is 0. The highest BCUT2D eigenvalue weighted by atomic mass is 16.1. The molecule has 62 valence electrons. The van der Waals surface area contributed by atoms with Crippen molar-refractivity contribution < 1.29 is 9.59 Å². The van der Waals surface area contributed by atoms with Gasteiger partial charge >= 0.3 is 0 Å². The maximum Gasteiger partial charge on any atom is 0.220 e. The Kier molecular flexibility index (Phi) is 2.63. The molecular formula is C8H13NO2. The van der Waals surface area contributed by atoms with Gasteiger partial charge in [0, 0.05) is 19.4 Å². The summed E-state index contributed by atoms with van der Waals surface area (Å²) < 4.78 is 0. The fourth-order valence-corrected chi connectivity index (χ4v) is 1.28. The topological polar surface area (TPSA) is 46.2 Å². The van der Waals surface area contributed by atoms with Crippen molar-refractivity contribution in [3.8, 4) is 0 Å². The van der Waals surface area contributed by atoms with Crippen LogP contribution >= 0.6 is 0 Å². The van der Waals surface area contributed by atoms with Crippen molar-refractivity contribution in [1.29, 1.82) is 0 Å². The first-order valence-electron chi connectivity index (χ1n) is 3.94. The third-order valence-electron chi connectivity index (χ3n) is 1.97. The van der Waals surface area contributed by atoms with E-state index in [1.807, 2.05) is 0 Å². The van der Waals surface area contributed by atoms with Crippen molar-refractivity contribution in [1.82, 2.24) is 5.32 Å². The largest absolute Gasteiger partial charge is 0.356 e. The first-order valence-corrected chi connectivity index (χ1v) is 3.94. The molecule has 0 aliphatic carbocycles. The van der Waals surface area contributed by atoms with E-state index in [0.717, 1.165) is 13.0 Å². The molecule has 3 heteroatoms. The van der Waals surface area contributed by atoms with Gasteiger partial charge in [0.2, 0.25) is 5.91 Å². The number of nitrogens with one attached hydrogen (secondary N) is 1. The molecule has 1 atom stereocenters. The summed E-state index contributed by atoms with van der Waals surface area (Å²) in [5.41, 5.74) is 0. The summed E-state index contributed by atoms with van der Waals surface area (Å²) in [6.07, 6.45) is 2.07. The van der Waals surface area contributed by atoms with Crippen LogP contribution in [-0.2, 0) is 9.59 Å². The van der Waals surface area contributed by atoms with Crippen LogP contribution in [0.3, 0.4) is 0 Å². The Morgan fingerprint density at radius 1 is 1.73 bits per heavy atom. The minimum atomic E-state index is 0.124. The molecule has 0 aromatic heterocycles. The van der Waals surface area contributed by atoms with Crippen LogP contribution in [0.4, 0.5) is 0 Å². The van der Waals surface area contributed by atoms with Crippen molar-refractivity contribution in [3.05, 3.63) is 0 Å². The van der Waals surface area contributed by atoms with Crippen molar-refractivity contribution in [3.63, 3.8) is 0 Å². The van der Waals surface area contributed by atoms with Crippen molar-refractivity contribution in [2.75, 3.05) is 6.54 Å². The highest BCUT2D eigenvalue weighted by Gasteiger charge is 2.20. The maximum atomic E-state index is 10.7. The molecule has 3 nitrogen and oxygen atoms in total. The SMILES string of the molecule is CC(=O)CCC1CNC(=O)C1. The van der Waals surface area contributed by atoms with Crippen LogP contribution in [0.5, 0.6) is 0 Å². The first kappa shape index (κ1) is 8.24. The summed E-state index contributed by atoms with van der Waals surface area (Å²) in [7, 11) is 0. The molecule has 1 aliphatic heterocycles. The molecule has 1 aliphatic rings. The Morgan fingerprint density at radius 3 is 2.91 bits per heavy atom. The second-order valence-electron chi connectivity index (χ2n) is 3.11. The van der Waals surface area contributed by atoms with E-state index in [1.165, 1.54) is 0 Å². The Labute approximate surface area is 66.2 Å². The molecule has 11 heavy (non-hydrogen) atoms. The first-order chi connectivity index (χ1) is 5.18. The van der Waals surface area contributed by atoms with Crippen LogP contribution in [0, 0.1) is 5.92 Å². The van der Waals surface area contributed by atoms with E-state index in [4.69, 9.17) is 0 Å². The van der Waals surface area contributed by atoms with Gasteiger partial charge in [0.25, 0.3) is 0 Å². The van der Waals surface area contributed by atoms with Gasteiger partial charge in [-0.3, -0.25) is 4.79 Å². The number of hydrogen-bond acceptors (Lipinski definition) is 2. The van der Waals surface area contributed by atoms with Gasteiger partial charge in [0.1, 0.15) is 5.78 Å². The molecule has 0 radical (unpaired) electrons. The molecule has 1 saturated heterocycles. The number of carbonyl (C=O) groups is 2. The molecule has 0 aromatic rings. The molecule has 1 fully saturated rings. The Hall–Kier alpha value is -0.860. The molecule has 0 bridgehead atoms. The molecule has 0 saturated carbocycles. The Morgan fingerprint density at radius 2 is 2.45 bits per heavy atom. The van der Waals surface area contributed by atoms with Gasteiger partial charge in [-0.1, -0.05) is 0 Å². The predicted molar refractivity (Wildman–Crippen MR) is 41.0 cm³/mol. The number of carbonyl (C=O) groups excluding carboxylic acids is 2. The Balaban J connectivity index is 2.18. The Bertz CT molecular complexity index is 177. The summed E-state index contributed by atoms with van der Waals surface area (Å²) in [6.45, 7) is 2.34. The second kappa shape index (κ2) is 3.51. The smallest absolute Gasteiger partial charge is 0.220 e. The molecular weight excluding hydrogens is 142 g/mol. The highest BCUT2D eigenvalue weighted by Crippen LogP contribution is 2.14. The summed E-state index contributed by atoms with van der Waals surface area (Å²) in [5.74, 6) is 0.731. The van der Waals surface area contributed by atoms with Crippen LogP contribution in [0.15, 0.2) is 0 Å². The summed E-state index contributed by atoms with van der Waals surface area (Å²) in [5, 5.41) is 2.74. The van der Waals surface area contributed by atoms with Gasteiger partial charge in [-0.05, 0) is 19.3 Å². The number of hydrogen-bond donors (Lipinski definition) is 1. The normalized spacial score (nSPS) is 23.4. The van der Waals surface area contributed by atoms with Crippen LogP contribution in [0.2, 0.25) is 0 Å². The monoisotopic (exact) mass is 155 g/mol. The average molecular weight is 155 g/mol. The quantitative estimate of drug-likeness (QED) is 0.644. The summed E-state index contributed by atoms with van der Waals surface area (Å²) >= 11 is 0. The van der Waals surface area contributed by atoms with Crippen LogP contribution in [0.25, 0.3) is 0 Å². The van der Waals surface area contributed by atoms with E-state index in [1.54, 1.807) is 6.92 Å². The number of amides is 1. The predicted octanol–water partition coefficient (Wildman–Crippen LogP) is 0.492. The lowest BCUT2D eigenvalue weighted by Gasteiger charge is -2.02. The number of rotatable bonds is 3. The molecule has 1 amide bonds. The molecule has 1 heterocycles. The van der Waals surface area contributed by atoms with Gasteiger partial charge < -0.3 is 10.1 Å². The summed E-state index contributed by atoms with van der Waals surface area (Å²) in [4.78, 5) is 21.3. The zero-order chi connectivity index (χ0) is 8.27. The lowest BCUT2D eigenvalue weighted by Crippen LogP contribution is -2.14. The fourth-order valence-electron chi connectivity index (χ4n) is 1.28.